The molecule has 1 saturated heterocycles. The molecule has 0 radical (unpaired) electrons. The molecule has 8 heteroatoms. The first kappa shape index (κ1) is 20.2. The number of hydrogen-bond donors (Lipinski definition) is 0. The van der Waals surface area contributed by atoms with Gasteiger partial charge in [0.2, 0.25) is 0 Å². The van der Waals surface area contributed by atoms with Gasteiger partial charge in [0.1, 0.15) is 5.69 Å². The summed E-state index contributed by atoms with van der Waals surface area (Å²) < 4.78 is 1.93. The van der Waals surface area contributed by atoms with Crippen LogP contribution >= 0.6 is 0 Å². The number of carbonyl (C=O) groups excluding carboxylic acids is 1. The lowest BCUT2D eigenvalue weighted by Crippen LogP contribution is -2.49. The summed E-state index contributed by atoms with van der Waals surface area (Å²) in [6, 6.07) is 14.9. The molecule has 5 rings (SSSR count). The normalized spacial score (nSPS) is 16.3. The number of piperazine rings is 1. The van der Waals surface area contributed by atoms with Crippen molar-refractivity contribution in [2.75, 3.05) is 31.1 Å². The minimum atomic E-state index is -0.352. The van der Waals surface area contributed by atoms with Crippen LogP contribution < -0.4 is 4.90 Å². The Morgan fingerprint density at radius 2 is 1.66 bits per heavy atom. The van der Waals surface area contributed by atoms with Gasteiger partial charge in [0.15, 0.2) is 0 Å². The summed E-state index contributed by atoms with van der Waals surface area (Å²) in [4.78, 5) is 28.3. The Kier molecular flexibility index (Phi) is 5.13. The third-order valence-corrected chi connectivity index (χ3v) is 6.33. The largest absolute Gasteiger partial charge is 0.362 e. The number of aryl methyl sites for hydroxylation is 1. The van der Waals surface area contributed by atoms with Crippen molar-refractivity contribution in [1.82, 2.24) is 14.7 Å². The lowest BCUT2D eigenvalue weighted by molar-refractivity contribution is -0.384. The van der Waals surface area contributed by atoms with Gasteiger partial charge in [0, 0.05) is 38.2 Å². The number of rotatable bonds is 5. The van der Waals surface area contributed by atoms with Gasteiger partial charge >= 0.3 is 0 Å². The van der Waals surface area contributed by atoms with Gasteiger partial charge in [-0.1, -0.05) is 30.3 Å². The molecule has 3 aromatic rings. The third kappa shape index (κ3) is 3.62. The summed E-state index contributed by atoms with van der Waals surface area (Å²) >= 11 is 0. The van der Waals surface area contributed by atoms with Crippen molar-refractivity contribution in [3.05, 3.63) is 81.7 Å². The van der Waals surface area contributed by atoms with E-state index >= 15 is 0 Å². The Labute approximate surface area is 186 Å². The van der Waals surface area contributed by atoms with Crippen molar-refractivity contribution in [2.45, 2.75) is 25.7 Å². The summed E-state index contributed by atoms with van der Waals surface area (Å²) in [5, 5.41) is 16.0. The van der Waals surface area contributed by atoms with E-state index in [-0.39, 0.29) is 16.5 Å². The summed E-state index contributed by atoms with van der Waals surface area (Å²) in [7, 11) is 0. The highest BCUT2D eigenvalue weighted by Crippen LogP contribution is 2.43. The van der Waals surface area contributed by atoms with E-state index in [4.69, 9.17) is 0 Å². The van der Waals surface area contributed by atoms with Crippen molar-refractivity contribution < 1.29 is 9.72 Å². The molecule has 32 heavy (non-hydrogen) atoms. The molecule has 1 aromatic heterocycles. The van der Waals surface area contributed by atoms with Crippen LogP contribution in [0.2, 0.25) is 0 Å². The van der Waals surface area contributed by atoms with E-state index in [0.717, 1.165) is 29.8 Å². The molecule has 0 spiro atoms. The van der Waals surface area contributed by atoms with Crippen molar-refractivity contribution in [3.63, 3.8) is 0 Å². The van der Waals surface area contributed by atoms with Crippen LogP contribution in [0.15, 0.2) is 54.7 Å². The van der Waals surface area contributed by atoms with Crippen LogP contribution in [0.3, 0.4) is 0 Å². The SMILES string of the molecule is Cc1ccccc1-n1ncc(C(=O)N2CCN(c3ccccc3[N+](=O)[O-])CC2)c1C1CC1. The van der Waals surface area contributed by atoms with E-state index < -0.39 is 0 Å². The molecule has 1 amide bonds. The summed E-state index contributed by atoms with van der Waals surface area (Å²) in [6.07, 6.45) is 3.85. The topological polar surface area (TPSA) is 84.5 Å². The second-order valence-corrected chi connectivity index (χ2v) is 8.44. The van der Waals surface area contributed by atoms with Crippen molar-refractivity contribution >= 4 is 17.3 Å². The van der Waals surface area contributed by atoms with E-state index in [1.165, 1.54) is 6.07 Å². The Hall–Kier alpha value is -3.68. The van der Waals surface area contributed by atoms with Crippen molar-refractivity contribution in [1.29, 1.82) is 0 Å². The highest BCUT2D eigenvalue weighted by molar-refractivity contribution is 5.96. The predicted octanol–water partition coefficient (Wildman–Crippen LogP) is 3.93. The molecule has 164 valence electrons. The van der Waals surface area contributed by atoms with Crippen LogP contribution in [-0.4, -0.2) is 51.7 Å². The van der Waals surface area contributed by atoms with Crippen LogP contribution in [0.4, 0.5) is 11.4 Å². The number of aromatic nitrogens is 2. The first-order valence-corrected chi connectivity index (χ1v) is 11.0. The molecule has 1 aliphatic heterocycles. The number of anilines is 1. The molecule has 1 saturated carbocycles. The van der Waals surface area contributed by atoms with E-state index in [0.29, 0.717) is 43.3 Å². The number of amides is 1. The van der Waals surface area contributed by atoms with Gasteiger partial charge in [0.05, 0.1) is 28.1 Å². The lowest BCUT2D eigenvalue weighted by Gasteiger charge is -2.35. The fourth-order valence-corrected chi connectivity index (χ4v) is 4.47. The highest BCUT2D eigenvalue weighted by Gasteiger charge is 2.35. The minimum Gasteiger partial charge on any atom is -0.362 e. The Morgan fingerprint density at radius 1 is 1.00 bits per heavy atom. The zero-order valence-corrected chi connectivity index (χ0v) is 18.0. The lowest BCUT2D eigenvalue weighted by atomic mass is 10.1. The van der Waals surface area contributed by atoms with Gasteiger partial charge < -0.3 is 9.80 Å². The minimum absolute atomic E-state index is 0.00561. The zero-order chi connectivity index (χ0) is 22.2. The van der Waals surface area contributed by atoms with Crippen LogP contribution in [0.25, 0.3) is 5.69 Å². The smallest absolute Gasteiger partial charge is 0.292 e. The number of para-hydroxylation sites is 3. The Balaban J connectivity index is 1.37. The van der Waals surface area contributed by atoms with Crippen LogP contribution in [-0.2, 0) is 0 Å². The molecule has 1 aliphatic carbocycles. The van der Waals surface area contributed by atoms with Crippen LogP contribution in [0.5, 0.6) is 0 Å². The maximum atomic E-state index is 13.4. The fourth-order valence-electron chi connectivity index (χ4n) is 4.47. The Morgan fingerprint density at radius 3 is 2.31 bits per heavy atom. The number of nitro groups is 1. The van der Waals surface area contributed by atoms with Crippen LogP contribution in [0, 0.1) is 17.0 Å². The van der Waals surface area contributed by atoms with Gasteiger partial charge in [-0.25, -0.2) is 4.68 Å². The second kappa shape index (κ2) is 8.11. The average Bonchev–Trinajstić information content (AvgIpc) is 3.57. The van der Waals surface area contributed by atoms with Gasteiger partial charge in [-0.2, -0.15) is 5.10 Å². The molecule has 0 atom stereocenters. The van der Waals surface area contributed by atoms with E-state index in [2.05, 4.69) is 18.1 Å². The maximum absolute atomic E-state index is 13.4. The number of nitro benzene ring substituents is 1. The standard InChI is InChI=1S/C24H25N5O3/c1-17-6-2-3-7-20(17)28-23(18-10-11-18)19(16-25-28)24(30)27-14-12-26(13-15-27)21-8-4-5-9-22(21)29(31)32/h2-9,16,18H,10-15H2,1H3. The maximum Gasteiger partial charge on any atom is 0.292 e. The molecule has 2 aromatic carbocycles. The molecule has 0 N–H and O–H groups in total. The van der Waals surface area contributed by atoms with Gasteiger partial charge in [-0.15, -0.1) is 0 Å². The molecule has 0 bridgehead atoms. The number of carbonyl (C=O) groups is 1. The highest BCUT2D eigenvalue weighted by atomic mass is 16.6. The second-order valence-electron chi connectivity index (χ2n) is 8.44. The van der Waals surface area contributed by atoms with Gasteiger partial charge in [0.25, 0.3) is 11.6 Å². The third-order valence-electron chi connectivity index (χ3n) is 6.33. The predicted molar refractivity (Wildman–Crippen MR) is 121 cm³/mol. The molecule has 2 aliphatic rings. The summed E-state index contributed by atoms with van der Waals surface area (Å²) in [5.74, 6) is 0.359. The monoisotopic (exact) mass is 431 g/mol. The average molecular weight is 431 g/mol. The summed E-state index contributed by atoms with van der Waals surface area (Å²) in [5.41, 5.74) is 4.52. The van der Waals surface area contributed by atoms with Gasteiger partial charge in [-0.3, -0.25) is 14.9 Å². The molecule has 2 fully saturated rings. The quantitative estimate of drug-likeness (QED) is 0.451. The zero-order valence-electron chi connectivity index (χ0n) is 18.0. The van der Waals surface area contributed by atoms with Gasteiger partial charge in [-0.05, 0) is 37.5 Å². The number of benzene rings is 2. The van der Waals surface area contributed by atoms with E-state index in [9.17, 15) is 14.9 Å². The van der Waals surface area contributed by atoms with E-state index in [1.54, 1.807) is 18.3 Å². The Bertz CT molecular complexity index is 1180. The fraction of sp³-hybridized carbons (Fsp3) is 0.333. The first-order valence-electron chi connectivity index (χ1n) is 11.0. The van der Waals surface area contributed by atoms with E-state index in [1.807, 2.05) is 38.7 Å². The molecule has 8 nitrogen and oxygen atoms in total. The molecular weight excluding hydrogens is 406 g/mol. The van der Waals surface area contributed by atoms with Crippen molar-refractivity contribution in [2.24, 2.45) is 0 Å². The molecule has 0 unspecified atom stereocenters. The van der Waals surface area contributed by atoms with Crippen molar-refractivity contribution in [3.8, 4) is 5.69 Å². The number of hydrogen-bond acceptors (Lipinski definition) is 5. The molecule has 2 heterocycles. The summed E-state index contributed by atoms with van der Waals surface area (Å²) in [6.45, 7) is 4.20. The van der Waals surface area contributed by atoms with Crippen LogP contribution in [0.1, 0.15) is 40.4 Å². The number of nitrogens with zero attached hydrogens (tertiary/aromatic N) is 5. The first-order chi connectivity index (χ1) is 15.5. The molecular formula is C24H25N5O3.